The summed E-state index contributed by atoms with van der Waals surface area (Å²) in [6.45, 7) is 2.30. The van der Waals surface area contributed by atoms with Crippen LogP contribution >= 0.6 is 0 Å². The lowest BCUT2D eigenvalue weighted by molar-refractivity contribution is 0.601. The SMILES string of the molecule is CC1CCC(Nc2ccnc3cc(-c4cccc5c(F)cccc45)nn23)C1. The first-order chi connectivity index (χ1) is 13.2. The lowest BCUT2D eigenvalue weighted by Gasteiger charge is -2.14. The number of benzene rings is 2. The Morgan fingerprint density at radius 3 is 2.78 bits per heavy atom. The van der Waals surface area contributed by atoms with Crippen LogP contribution in [0, 0.1) is 11.7 Å². The summed E-state index contributed by atoms with van der Waals surface area (Å²) in [7, 11) is 0. The molecule has 0 spiro atoms. The predicted octanol–water partition coefficient (Wildman–Crippen LogP) is 5.29. The number of anilines is 1. The number of rotatable bonds is 3. The minimum absolute atomic E-state index is 0.214. The van der Waals surface area contributed by atoms with E-state index < -0.39 is 0 Å². The van der Waals surface area contributed by atoms with Crippen LogP contribution < -0.4 is 5.32 Å². The van der Waals surface area contributed by atoms with Gasteiger partial charge >= 0.3 is 0 Å². The van der Waals surface area contributed by atoms with Crippen molar-refractivity contribution in [3.8, 4) is 11.3 Å². The normalized spacial score (nSPS) is 19.8. The van der Waals surface area contributed by atoms with Crippen LogP contribution in [0.15, 0.2) is 54.7 Å². The second kappa shape index (κ2) is 6.34. The van der Waals surface area contributed by atoms with Gasteiger partial charge in [0.1, 0.15) is 11.6 Å². The number of nitrogens with one attached hydrogen (secondary N) is 1. The summed E-state index contributed by atoms with van der Waals surface area (Å²) in [5, 5.41) is 9.89. The number of nitrogens with zero attached hydrogens (tertiary/aromatic N) is 3. The first-order valence-electron chi connectivity index (χ1n) is 9.48. The molecule has 2 heterocycles. The molecule has 0 radical (unpaired) electrons. The van der Waals surface area contributed by atoms with E-state index in [0.29, 0.717) is 11.4 Å². The minimum atomic E-state index is -0.214. The van der Waals surface area contributed by atoms with Gasteiger partial charge in [-0.25, -0.2) is 9.37 Å². The van der Waals surface area contributed by atoms with E-state index in [9.17, 15) is 4.39 Å². The molecule has 0 aliphatic heterocycles. The highest BCUT2D eigenvalue weighted by Gasteiger charge is 2.22. The van der Waals surface area contributed by atoms with E-state index in [1.54, 1.807) is 12.1 Å². The maximum absolute atomic E-state index is 14.2. The zero-order chi connectivity index (χ0) is 18.4. The van der Waals surface area contributed by atoms with Crippen molar-refractivity contribution >= 4 is 22.2 Å². The van der Waals surface area contributed by atoms with Crippen molar-refractivity contribution in [2.24, 2.45) is 5.92 Å². The highest BCUT2D eigenvalue weighted by molar-refractivity contribution is 5.96. The molecule has 1 saturated carbocycles. The van der Waals surface area contributed by atoms with Crippen molar-refractivity contribution in [1.82, 2.24) is 14.6 Å². The lowest BCUT2D eigenvalue weighted by atomic mass is 10.0. The third-order valence-corrected chi connectivity index (χ3v) is 5.55. The molecule has 4 nitrogen and oxygen atoms in total. The van der Waals surface area contributed by atoms with Crippen molar-refractivity contribution in [3.63, 3.8) is 0 Å². The fourth-order valence-electron chi connectivity index (χ4n) is 4.18. The monoisotopic (exact) mass is 360 g/mol. The number of aromatic nitrogens is 3. The molecule has 27 heavy (non-hydrogen) atoms. The number of fused-ring (bicyclic) bond motifs is 2. The van der Waals surface area contributed by atoms with Gasteiger partial charge in [-0.3, -0.25) is 0 Å². The molecule has 0 saturated heterocycles. The van der Waals surface area contributed by atoms with E-state index in [0.717, 1.165) is 34.0 Å². The van der Waals surface area contributed by atoms with E-state index in [-0.39, 0.29) is 5.82 Å². The molecular formula is C22H21FN4. The van der Waals surface area contributed by atoms with Crippen molar-refractivity contribution in [1.29, 1.82) is 0 Å². The highest BCUT2D eigenvalue weighted by atomic mass is 19.1. The van der Waals surface area contributed by atoms with Crippen molar-refractivity contribution in [2.45, 2.75) is 32.2 Å². The maximum Gasteiger partial charge on any atom is 0.157 e. The van der Waals surface area contributed by atoms with Gasteiger partial charge in [0.15, 0.2) is 5.65 Å². The van der Waals surface area contributed by atoms with Crippen LogP contribution in [0.4, 0.5) is 10.2 Å². The van der Waals surface area contributed by atoms with Crippen LogP contribution in [0.3, 0.4) is 0 Å². The molecule has 1 aliphatic carbocycles. The lowest BCUT2D eigenvalue weighted by Crippen LogP contribution is -2.17. The molecule has 1 aliphatic rings. The Balaban J connectivity index is 1.60. The van der Waals surface area contributed by atoms with Gasteiger partial charge in [-0.2, -0.15) is 9.61 Å². The van der Waals surface area contributed by atoms with Gasteiger partial charge in [0.05, 0.1) is 5.69 Å². The molecule has 0 bridgehead atoms. The molecule has 2 aromatic carbocycles. The third-order valence-electron chi connectivity index (χ3n) is 5.55. The molecule has 2 atom stereocenters. The van der Waals surface area contributed by atoms with Gasteiger partial charge in [-0.15, -0.1) is 0 Å². The molecule has 1 fully saturated rings. The number of halogens is 1. The summed E-state index contributed by atoms with van der Waals surface area (Å²) in [4.78, 5) is 4.46. The Labute approximate surface area is 157 Å². The maximum atomic E-state index is 14.2. The first kappa shape index (κ1) is 16.2. The fraction of sp³-hybridized carbons (Fsp3) is 0.273. The Bertz CT molecular complexity index is 1130. The minimum Gasteiger partial charge on any atom is -0.367 e. The number of hydrogen-bond acceptors (Lipinski definition) is 3. The quantitative estimate of drug-likeness (QED) is 0.540. The number of hydrogen-bond donors (Lipinski definition) is 1. The van der Waals surface area contributed by atoms with Gasteiger partial charge in [-0.1, -0.05) is 37.3 Å². The average molecular weight is 360 g/mol. The van der Waals surface area contributed by atoms with Gasteiger partial charge < -0.3 is 5.32 Å². The second-order valence-electron chi connectivity index (χ2n) is 7.53. The zero-order valence-corrected chi connectivity index (χ0v) is 15.2. The van der Waals surface area contributed by atoms with E-state index in [4.69, 9.17) is 5.10 Å². The first-order valence-corrected chi connectivity index (χ1v) is 9.48. The van der Waals surface area contributed by atoms with Gasteiger partial charge in [-0.05, 0) is 42.7 Å². The summed E-state index contributed by atoms with van der Waals surface area (Å²) in [5.41, 5.74) is 2.50. The van der Waals surface area contributed by atoms with Gasteiger partial charge in [0.25, 0.3) is 0 Å². The van der Waals surface area contributed by atoms with Crippen molar-refractivity contribution in [2.75, 3.05) is 5.32 Å². The van der Waals surface area contributed by atoms with Crippen molar-refractivity contribution < 1.29 is 4.39 Å². The predicted molar refractivity (Wildman–Crippen MR) is 106 cm³/mol. The molecule has 136 valence electrons. The molecular weight excluding hydrogens is 339 g/mol. The summed E-state index contributed by atoms with van der Waals surface area (Å²) < 4.78 is 16.0. The Kier molecular flexibility index (Phi) is 3.81. The molecule has 5 heteroatoms. The molecule has 2 aromatic heterocycles. The van der Waals surface area contributed by atoms with E-state index >= 15 is 0 Å². The second-order valence-corrected chi connectivity index (χ2v) is 7.53. The molecule has 0 amide bonds. The van der Waals surface area contributed by atoms with Crippen LogP contribution in [0.1, 0.15) is 26.2 Å². The summed E-state index contributed by atoms with van der Waals surface area (Å²) in [5.74, 6) is 1.50. The average Bonchev–Trinajstić information content (AvgIpc) is 3.28. The van der Waals surface area contributed by atoms with Crippen molar-refractivity contribution in [3.05, 3.63) is 60.5 Å². The molecule has 1 N–H and O–H groups in total. The highest BCUT2D eigenvalue weighted by Crippen LogP contribution is 2.31. The third kappa shape index (κ3) is 2.83. The van der Waals surface area contributed by atoms with Crippen LogP contribution in [0.5, 0.6) is 0 Å². The summed E-state index contributed by atoms with van der Waals surface area (Å²) in [6, 6.07) is 15.2. The molecule has 2 unspecified atom stereocenters. The van der Waals surface area contributed by atoms with Crippen LogP contribution in [-0.2, 0) is 0 Å². The van der Waals surface area contributed by atoms with E-state index in [1.165, 1.54) is 25.3 Å². The molecule has 4 aromatic rings. The summed E-state index contributed by atoms with van der Waals surface area (Å²) >= 11 is 0. The van der Waals surface area contributed by atoms with E-state index in [1.807, 2.05) is 41.0 Å². The Morgan fingerprint density at radius 2 is 1.93 bits per heavy atom. The smallest absolute Gasteiger partial charge is 0.157 e. The van der Waals surface area contributed by atoms with Crippen LogP contribution in [0.25, 0.3) is 27.7 Å². The Morgan fingerprint density at radius 1 is 1.07 bits per heavy atom. The topological polar surface area (TPSA) is 42.2 Å². The summed E-state index contributed by atoms with van der Waals surface area (Å²) in [6.07, 6.45) is 5.43. The van der Waals surface area contributed by atoms with Crippen LogP contribution in [-0.4, -0.2) is 20.6 Å². The molecule has 5 rings (SSSR count). The largest absolute Gasteiger partial charge is 0.367 e. The van der Waals surface area contributed by atoms with E-state index in [2.05, 4.69) is 17.2 Å². The van der Waals surface area contributed by atoms with Gasteiger partial charge in [0, 0.05) is 29.3 Å². The zero-order valence-electron chi connectivity index (χ0n) is 15.2. The fourth-order valence-corrected chi connectivity index (χ4v) is 4.18. The van der Waals surface area contributed by atoms with Crippen LogP contribution in [0.2, 0.25) is 0 Å². The Hall–Kier alpha value is -2.95. The van der Waals surface area contributed by atoms with Gasteiger partial charge in [0.2, 0.25) is 0 Å². The standard InChI is InChI=1S/C22H21FN4/c1-14-8-9-15(12-14)25-21-10-11-24-22-13-20(26-27(21)22)18-6-2-5-17-16(18)4-3-7-19(17)23/h2-7,10-11,13-15,25H,8-9,12H2,1H3.